The average Bonchev–Trinajstić information content (AvgIpc) is 2.89. The van der Waals surface area contributed by atoms with E-state index in [4.69, 9.17) is 9.47 Å². The normalized spacial score (nSPS) is 18.3. The highest BCUT2D eigenvalue weighted by Gasteiger charge is 2.45. The largest absolute Gasteiger partial charge is 0.380 e. The number of hydrogen-bond donors (Lipinski definition) is 1. The lowest BCUT2D eigenvalue weighted by Gasteiger charge is -2.36. The lowest BCUT2D eigenvalue weighted by molar-refractivity contribution is -0.146. The van der Waals surface area contributed by atoms with E-state index in [0.717, 1.165) is 6.29 Å². The number of ether oxygens (including phenoxy) is 2. The zero-order chi connectivity index (χ0) is 25.0. The van der Waals surface area contributed by atoms with E-state index in [1.165, 1.54) is 4.90 Å². The summed E-state index contributed by atoms with van der Waals surface area (Å²) in [6.07, 6.45) is 1.73. The molecule has 0 spiro atoms. The molecule has 0 aromatic heterocycles. The standard InChI is InChI=1S/C24H42N2O6/c1-17-12-19(29)26(20(17)30)23(6,7)13-18(28)25-22(4,5)16-32-24(8,9)10-11-31-15-21(2,3)14-27/h14,17H,10-13,15-16H2,1-9H3,(H,25,28). The summed E-state index contributed by atoms with van der Waals surface area (Å²) in [5, 5.41) is 2.96. The van der Waals surface area contributed by atoms with Gasteiger partial charge in [0.2, 0.25) is 17.7 Å². The van der Waals surface area contributed by atoms with Crippen LogP contribution in [0.1, 0.15) is 81.6 Å². The van der Waals surface area contributed by atoms with Crippen molar-refractivity contribution in [1.82, 2.24) is 10.2 Å². The van der Waals surface area contributed by atoms with Gasteiger partial charge >= 0.3 is 0 Å². The van der Waals surface area contributed by atoms with Gasteiger partial charge < -0.3 is 19.6 Å². The minimum Gasteiger partial charge on any atom is -0.380 e. The Morgan fingerprint density at radius 1 is 1.09 bits per heavy atom. The number of hydrogen-bond acceptors (Lipinski definition) is 6. The summed E-state index contributed by atoms with van der Waals surface area (Å²) in [7, 11) is 0. The van der Waals surface area contributed by atoms with Crippen molar-refractivity contribution in [1.29, 1.82) is 0 Å². The van der Waals surface area contributed by atoms with E-state index in [0.29, 0.717) is 19.6 Å². The Morgan fingerprint density at radius 2 is 1.69 bits per heavy atom. The van der Waals surface area contributed by atoms with Crippen LogP contribution in [0.15, 0.2) is 0 Å². The van der Waals surface area contributed by atoms with Crippen molar-refractivity contribution >= 4 is 24.0 Å². The number of amides is 3. The summed E-state index contributed by atoms with van der Waals surface area (Å²) in [6.45, 7) is 17.6. The molecule has 1 aliphatic rings. The summed E-state index contributed by atoms with van der Waals surface area (Å²) >= 11 is 0. The molecule has 1 heterocycles. The number of aldehydes is 1. The van der Waals surface area contributed by atoms with Gasteiger partial charge in [-0.1, -0.05) is 20.8 Å². The predicted molar refractivity (Wildman–Crippen MR) is 122 cm³/mol. The molecular weight excluding hydrogens is 412 g/mol. The van der Waals surface area contributed by atoms with Crippen LogP contribution in [0.3, 0.4) is 0 Å². The van der Waals surface area contributed by atoms with E-state index in [9.17, 15) is 19.2 Å². The maximum absolute atomic E-state index is 12.7. The van der Waals surface area contributed by atoms with Crippen LogP contribution in [-0.4, -0.2) is 65.4 Å². The molecular formula is C24H42N2O6. The molecule has 0 bridgehead atoms. The van der Waals surface area contributed by atoms with Crippen LogP contribution in [0.5, 0.6) is 0 Å². The molecule has 0 aromatic rings. The Labute approximate surface area is 192 Å². The average molecular weight is 455 g/mol. The molecule has 0 radical (unpaired) electrons. The van der Waals surface area contributed by atoms with Crippen LogP contribution in [0.2, 0.25) is 0 Å². The van der Waals surface area contributed by atoms with E-state index in [1.54, 1.807) is 20.8 Å². The van der Waals surface area contributed by atoms with Gasteiger partial charge in [-0.2, -0.15) is 0 Å². The van der Waals surface area contributed by atoms with Crippen LogP contribution in [0.25, 0.3) is 0 Å². The Morgan fingerprint density at radius 3 is 2.19 bits per heavy atom. The van der Waals surface area contributed by atoms with Gasteiger partial charge in [-0.05, 0) is 48.0 Å². The van der Waals surface area contributed by atoms with Crippen molar-refractivity contribution in [3.63, 3.8) is 0 Å². The third kappa shape index (κ3) is 8.62. The van der Waals surface area contributed by atoms with Gasteiger partial charge in [0.25, 0.3) is 0 Å². The van der Waals surface area contributed by atoms with Gasteiger partial charge in [0.1, 0.15) is 6.29 Å². The highest BCUT2D eigenvalue weighted by atomic mass is 16.5. The van der Waals surface area contributed by atoms with Gasteiger partial charge in [0, 0.05) is 30.8 Å². The maximum atomic E-state index is 12.7. The molecule has 8 nitrogen and oxygen atoms in total. The number of nitrogens with zero attached hydrogens (tertiary/aromatic N) is 1. The minimum atomic E-state index is -0.897. The third-order valence-electron chi connectivity index (χ3n) is 5.51. The van der Waals surface area contributed by atoms with E-state index < -0.39 is 22.1 Å². The first-order valence-corrected chi connectivity index (χ1v) is 11.3. The van der Waals surface area contributed by atoms with Crippen molar-refractivity contribution in [2.45, 2.75) is 98.3 Å². The molecule has 3 amide bonds. The first-order chi connectivity index (χ1) is 14.4. The Hall–Kier alpha value is -1.80. The summed E-state index contributed by atoms with van der Waals surface area (Å²) < 4.78 is 11.7. The van der Waals surface area contributed by atoms with Crippen molar-refractivity contribution in [3.05, 3.63) is 0 Å². The summed E-state index contributed by atoms with van der Waals surface area (Å²) in [5.74, 6) is -1.05. The topological polar surface area (TPSA) is 102 Å². The second kappa shape index (κ2) is 10.4. The van der Waals surface area contributed by atoms with E-state index in [2.05, 4.69) is 5.32 Å². The Bertz CT molecular complexity index is 711. The highest BCUT2D eigenvalue weighted by Crippen LogP contribution is 2.29. The molecule has 1 atom stereocenters. The van der Waals surface area contributed by atoms with Gasteiger partial charge in [-0.15, -0.1) is 0 Å². The molecule has 1 saturated heterocycles. The zero-order valence-electron chi connectivity index (χ0n) is 21.3. The Balaban J connectivity index is 2.54. The number of imide groups is 1. The summed E-state index contributed by atoms with van der Waals surface area (Å²) in [4.78, 5) is 49.5. The van der Waals surface area contributed by atoms with Gasteiger partial charge in [-0.3, -0.25) is 19.3 Å². The molecule has 1 aliphatic heterocycles. The summed E-state index contributed by atoms with van der Waals surface area (Å²) in [5.41, 5.74) is -2.52. The zero-order valence-corrected chi connectivity index (χ0v) is 21.3. The fourth-order valence-corrected chi connectivity index (χ4v) is 3.48. The first-order valence-electron chi connectivity index (χ1n) is 11.3. The highest BCUT2D eigenvalue weighted by molar-refractivity contribution is 6.04. The first kappa shape index (κ1) is 28.2. The SMILES string of the molecule is CC1CC(=O)N(C(C)(C)CC(=O)NC(C)(C)COC(C)(C)CCOCC(C)(C)C=O)C1=O. The van der Waals surface area contributed by atoms with Crippen LogP contribution >= 0.6 is 0 Å². The minimum absolute atomic E-state index is 0.0182. The summed E-state index contributed by atoms with van der Waals surface area (Å²) in [6, 6.07) is 0. The fraction of sp³-hybridized carbons (Fsp3) is 0.833. The molecule has 8 heteroatoms. The molecule has 184 valence electrons. The lowest BCUT2D eigenvalue weighted by atomic mass is 9.96. The molecule has 0 aromatic carbocycles. The third-order valence-corrected chi connectivity index (χ3v) is 5.51. The predicted octanol–water partition coefficient (Wildman–Crippen LogP) is 2.87. The van der Waals surface area contributed by atoms with Gasteiger partial charge in [0.05, 0.1) is 29.9 Å². The second-order valence-electron chi connectivity index (χ2n) is 11.6. The number of likely N-dealkylation sites (tertiary alicyclic amines) is 1. The monoisotopic (exact) mass is 454 g/mol. The smallest absolute Gasteiger partial charge is 0.233 e. The molecule has 1 rings (SSSR count). The van der Waals surface area contributed by atoms with E-state index in [-0.39, 0.29) is 43.1 Å². The van der Waals surface area contributed by atoms with Crippen molar-refractivity contribution in [2.24, 2.45) is 11.3 Å². The van der Waals surface area contributed by atoms with Gasteiger partial charge in [-0.25, -0.2) is 0 Å². The molecule has 0 saturated carbocycles. The van der Waals surface area contributed by atoms with E-state index in [1.807, 2.05) is 41.5 Å². The molecule has 1 N–H and O–H groups in total. The molecule has 32 heavy (non-hydrogen) atoms. The maximum Gasteiger partial charge on any atom is 0.233 e. The Kier molecular flexibility index (Phi) is 9.20. The molecule has 1 unspecified atom stereocenters. The number of carbonyl (C=O) groups excluding carboxylic acids is 4. The van der Waals surface area contributed by atoms with E-state index >= 15 is 0 Å². The fourth-order valence-electron chi connectivity index (χ4n) is 3.48. The lowest BCUT2D eigenvalue weighted by Crippen LogP contribution is -2.54. The molecule has 0 aliphatic carbocycles. The van der Waals surface area contributed by atoms with Crippen LogP contribution in [-0.2, 0) is 28.7 Å². The number of rotatable bonds is 13. The second-order valence-corrected chi connectivity index (χ2v) is 11.6. The van der Waals surface area contributed by atoms with Crippen LogP contribution < -0.4 is 5.32 Å². The van der Waals surface area contributed by atoms with Gasteiger partial charge in [0.15, 0.2) is 0 Å². The number of nitrogens with one attached hydrogen (secondary N) is 1. The van der Waals surface area contributed by atoms with Crippen LogP contribution in [0, 0.1) is 11.3 Å². The van der Waals surface area contributed by atoms with Crippen molar-refractivity contribution in [3.8, 4) is 0 Å². The van der Waals surface area contributed by atoms with Crippen LogP contribution in [0.4, 0.5) is 0 Å². The van der Waals surface area contributed by atoms with Crippen molar-refractivity contribution < 1.29 is 28.7 Å². The van der Waals surface area contributed by atoms with Crippen molar-refractivity contribution in [2.75, 3.05) is 19.8 Å². The molecule has 1 fully saturated rings. The number of carbonyl (C=O) groups is 4. The quantitative estimate of drug-likeness (QED) is 0.261.